The SMILES string of the molecule is C=C1C(=O)O[C@H]2[C@H]1[C@@H](O)C[C@@]1(C)[C@H](O)CC[C@@](C)(O)[C@H]21. The number of ether oxygens (including phenoxy) is 1. The lowest BCUT2D eigenvalue weighted by Gasteiger charge is -2.58. The molecular formula is C15H22O5. The molecule has 0 amide bonds. The maximum atomic E-state index is 11.8. The smallest absolute Gasteiger partial charge is 0.334 e. The third-order valence-electron chi connectivity index (χ3n) is 5.72. The highest BCUT2D eigenvalue weighted by atomic mass is 16.6. The van der Waals surface area contributed by atoms with Gasteiger partial charge in [-0.25, -0.2) is 4.79 Å². The Balaban J connectivity index is 2.08. The van der Waals surface area contributed by atoms with E-state index in [1.807, 2.05) is 6.92 Å². The van der Waals surface area contributed by atoms with Gasteiger partial charge in [-0.05, 0) is 26.2 Å². The fraction of sp³-hybridized carbons (Fsp3) is 0.800. The van der Waals surface area contributed by atoms with Crippen LogP contribution in [0.1, 0.15) is 33.1 Å². The lowest BCUT2D eigenvalue weighted by molar-refractivity contribution is -0.228. The summed E-state index contributed by atoms with van der Waals surface area (Å²) in [6, 6.07) is 0. The molecule has 2 aliphatic carbocycles. The number of carbonyl (C=O) groups is 1. The third-order valence-corrected chi connectivity index (χ3v) is 5.72. The molecule has 0 bridgehead atoms. The van der Waals surface area contributed by atoms with E-state index in [0.717, 1.165) is 0 Å². The van der Waals surface area contributed by atoms with Gasteiger partial charge in [0.1, 0.15) is 6.10 Å². The highest BCUT2D eigenvalue weighted by Gasteiger charge is 2.65. The lowest BCUT2D eigenvalue weighted by atomic mass is 9.50. The van der Waals surface area contributed by atoms with Gasteiger partial charge >= 0.3 is 5.97 Å². The van der Waals surface area contributed by atoms with Crippen molar-refractivity contribution < 1.29 is 24.9 Å². The molecule has 3 rings (SSSR count). The molecule has 2 saturated carbocycles. The molecule has 0 aromatic heterocycles. The van der Waals surface area contributed by atoms with Crippen molar-refractivity contribution in [3.8, 4) is 0 Å². The van der Waals surface area contributed by atoms with Gasteiger partial charge < -0.3 is 20.1 Å². The van der Waals surface area contributed by atoms with Crippen LogP contribution < -0.4 is 0 Å². The molecule has 1 aliphatic heterocycles. The molecule has 0 unspecified atom stereocenters. The van der Waals surface area contributed by atoms with Crippen LogP contribution in [0.2, 0.25) is 0 Å². The van der Waals surface area contributed by atoms with Crippen molar-refractivity contribution in [2.24, 2.45) is 17.3 Å². The van der Waals surface area contributed by atoms with Gasteiger partial charge in [0.25, 0.3) is 0 Å². The van der Waals surface area contributed by atoms with E-state index < -0.39 is 47.1 Å². The predicted octanol–water partition coefficient (Wildman–Crippen LogP) is 0.377. The summed E-state index contributed by atoms with van der Waals surface area (Å²) in [7, 11) is 0. The third kappa shape index (κ3) is 1.63. The lowest BCUT2D eigenvalue weighted by Crippen LogP contribution is -2.65. The Labute approximate surface area is 118 Å². The number of carbonyl (C=O) groups excluding carboxylic acids is 1. The van der Waals surface area contributed by atoms with E-state index >= 15 is 0 Å². The second-order valence-electron chi connectivity index (χ2n) is 7.09. The second-order valence-corrected chi connectivity index (χ2v) is 7.09. The van der Waals surface area contributed by atoms with Crippen molar-refractivity contribution in [2.45, 2.75) is 57.0 Å². The Kier molecular flexibility index (Phi) is 2.85. The van der Waals surface area contributed by atoms with Gasteiger partial charge in [-0.2, -0.15) is 0 Å². The normalized spacial score (nSPS) is 55.1. The summed E-state index contributed by atoms with van der Waals surface area (Å²) in [5, 5.41) is 31.5. The molecule has 5 nitrogen and oxygen atoms in total. The number of esters is 1. The summed E-state index contributed by atoms with van der Waals surface area (Å²) >= 11 is 0. The summed E-state index contributed by atoms with van der Waals surface area (Å²) < 4.78 is 5.40. The van der Waals surface area contributed by atoms with Crippen LogP contribution in [0, 0.1) is 17.3 Å². The molecule has 7 atom stereocenters. The van der Waals surface area contributed by atoms with Crippen LogP contribution in [-0.4, -0.2) is 45.2 Å². The van der Waals surface area contributed by atoms with E-state index in [1.165, 1.54) is 0 Å². The first kappa shape index (κ1) is 14.0. The molecule has 1 saturated heterocycles. The van der Waals surface area contributed by atoms with Crippen molar-refractivity contribution in [1.82, 2.24) is 0 Å². The van der Waals surface area contributed by atoms with Gasteiger partial charge in [0.15, 0.2) is 0 Å². The first-order chi connectivity index (χ1) is 9.18. The minimum atomic E-state index is -1.03. The number of rotatable bonds is 0. The first-order valence-corrected chi connectivity index (χ1v) is 7.17. The molecular weight excluding hydrogens is 260 g/mol. The molecule has 20 heavy (non-hydrogen) atoms. The molecule has 3 aliphatic rings. The minimum Gasteiger partial charge on any atom is -0.458 e. The maximum absolute atomic E-state index is 11.8. The van der Waals surface area contributed by atoms with E-state index in [2.05, 4.69) is 6.58 Å². The summed E-state index contributed by atoms with van der Waals surface area (Å²) in [4.78, 5) is 11.8. The van der Waals surface area contributed by atoms with Gasteiger partial charge in [0.05, 0.1) is 23.7 Å². The van der Waals surface area contributed by atoms with Gasteiger partial charge in [0.2, 0.25) is 0 Å². The van der Waals surface area contributed by atoms with Crippen molar-refractivity contribution in [3.63, 3.8) is 0 Å². The Hall–Kier alpha value is -0.910. The number of fused-ring (bicyclic) bond motifs is 3. The van der Waals surface area contributed by atoms with Gasteiger partial charge in [0, 0.05) is 16.9 Å². The van der Waals surface area contributed by atoms with E-state index in [0.29, 0.717) is 19.3 Å². The van der Waals surface area contributed by atoms with Crippen LogP contribution in [0.15, 0.2) is 12.2 Å². The Morgan fingerprint density at radius 1 is 1.35 bits per heavy atom. The van der Waals surface area contributed by atoms with Crippen LogP contribution in [0.3, 0.4) is 0 Å². The number of aliphatic hydroxyl groups is 3. The zero-order valence-corrected chi connectivity index (χ0v) is 11.9. The molecule has 5 heteroatoms. The molecule has 3 fully saturated rings. The van der Waals surface area contributed by atoms with Crippen LogP contribution in [0.4, 0.5) is 0 Å². The van der Waals surface area contributed by atoms with Crippen molar-refractivity contribution in [1.29, 1.82) is 0 Å². The fourth-order valence-corrected chi connectivity index (χ4v) is 4.74. The molecule has 3 N–H and O–H groups in total. The monoisotopic (exact) mass is 282 g/mol. The number of hydrogen-bond donors (Lipinski definition) is 3. The second kappa shape index (κ2) is 4.06. The molecule has 1 heterocycles. The van der Waals surface area contributed by atoms with Crippen molar-refractivity contribution >= 4 is 5.97 Å². The van der Waals surface area contributed by atoms with Crippen LogP contribution in [0.25, 0.3) is 0 Å². The quantitative estimate of drug-likeness (QED) is 0.441. The summed E-state index contributed by atoms with van der Waals surface area (Å²) in [6.45, 7) is 7.31. The van der Waals surface area contributed by atoms with E-state index in [1.54, 1.807) is 6.92 Å². The van der Waals surface area contributed by atoms with E-state index in [-0.39, 0.29) is 5.57 Å². The maximum Gasteiger partial charge on any atom is 0.334 e. The minimum absolute atomic E-state index is 0.278. The summed E-state index contributed by atoms with van der Waals surface area (Å²) in [5.41, 5.74) is -1.41. The highest BCUT2D eigenvalue weighted by molar-refractivity contribution is 5.91. The Morgan fingerprint density at radius 2 is 2.00 bits per heavy atom. The van der Waals surface area contributed by atoms with Crippen molar-refractivity contribution in [3.05, 3.63) is 12.2 Å². The highest BCUT2D eigenvalue weighted by Crippen LogP contribution is 2.58. The number of hydrogen-bond acceptors (Lipinski definition) is 5. The average molecular weight is 282 g/mol. The molecule has 112 valence electrons. The molecule has 0 spiro atoms. The zero-order valence-electron chi connectivity index (χ0n) is 11.9. The van der Waals surface area contributed by atoms with Crippen LogP contribution >= 0.6 is 0 Å². The summed E-state index contributed by atoms with van der Waals surface area (Å²) in [6.07, 6.45) is -0.712. The summed E-state index contributed by atoms with van der Waals surface area (Å²) in [5.74, 6) is -1.37. The van der Waals surface area contributed by atoms with Crippen LogP contribution in [0.5, 0.6) is 0 Å². The topological polar surface area (TPSA) is 87.0 Å². The molecule has 0 aromatic carbocycles. The molecule has 0 radical (unpaired) electrons. The largest absolute Gasteiger partial charge is 0.458 e. The van der Waals surface area contributed by atoms with Gasteiger partial charge in [-0.1, -0.05) is 13.5 Å². The van der Waals surface area contributed by atoms with Gasteiger partial charge in [-0.3, -0.25) is 0 Å². The molecule has 0 aromatic rings. The van der Waals surface area contributed by atoms with Crippen LogP contribution in [-0.2, 0) is 9.53 Å². The number of aliphatic hydroxyl groups excluding tert-OH is 2. The standard InChI is InChI=1S/C15H22O5/c1-7-10-8(16)6-14(2)9(17)4-5-15(3,19)12(14)11(10)20-13(7)18/h8-12,16-17,19H,1,4-6H2,2-3H3/t8-,9+,10+,11-,12+,14-,15+/m0/s1. The first-order valence-electron chi connectivity index (χ1n) is 7.17. The van der Waals surface area contributed by atoms with Crippen molar-refractivity contribution in [2.75, 3.05) is 0 Å². The predicted molar refractivity (Wildman–Crippen MR) is 70.6 cm³/mol. The van der Waals surface area contributed by atoms with Gasteiger partial charge in [-0.15, -0.1) is 0 Å². The Morgan fingerprint density at radius 3 is 2.65 bits per heavy atom. The fourth-order valence-electron chi connectivity index (χ4n) is 4.74. The zero-order chi connectivity index (χ0) is 14.9. The Bertz CT molecular complexity index is 471. The average Bonchev–Trinajstić information content (AvgIpc) is 2.60. The van der Waals surface area contributed by atoms with E-state index in [9.17, 15) is 20.1 Å². The van der Waals surface area contributed by atoms with E-state index in [4.69, 9.17) is 4.74 Å².